The van der Waals surface area contributed by atoms with Gasteiger partial charge in [-0.05, 0) is 56.3 Å². The number of phenols is 1. The lowest BCUT2D eigenvalue weighted by Gasteiger charge is -2.21. The fraction of sp³-hybridized carbons (Fsp3) is 0.562. The largest absolute Gasteiger partial charge is 0.506 e. The topological polar surface area (TPSA) is 81.6 Å². The summed E-state index contributed by atoms with van der Waals surface area (Å²) >= 11 is 0. The van der Waals surface area contributed by atoms with E-state index in [2.05, 4.69) is 10.6 Å². The van der Waals surface area contributed by atoms with Crippen molar-refractivity contribution in [3.8, 4) is 5.75 Å². The molecule has 1 heterocycles. The number of aromatic hydroxyl groups is 1. The maximum absolute atomic E-state index is 11.4. The number of fused-ring (bicyclic) bond motifs is 1. The molecule has 0 fully saturated rings. The minimum Gasteiger partial charge on any atom is -0.506 e. The van der Waals surface area contributed by atoms with Gasteiger partial charge in [-0.25, -0.2) is 0 Å². The summed E-state index contributed by atoms with van der Waals surface area (Å²) in [6, 6.07) is 3.61. The van der Waals surface area contributed by atoms with Crippen LogP contribution in [0, 0.1) is 0 Å². The van der Waals surface area contributed by atoms with Gasteiger partial charge in [0.05, 0.1) is 11.8 Å². The van der Waals surface area contributed by atoms with Crippen molar-refractivity contribution in [3.05, 3.63) is 23.3 Å². The molecule has 1 aliphatic heterocycles. The zero-order valence-corrected chi connectivity index (χ0v) is 12.5. The lowest BCUT2D eigenvalue weighted by Crippen LogP contribution is -2.25. The van der Waals surface area contributed by atoms with Crippen LogP contribution < -0.4 is 10.6 Å². The third kappa shape index (κ3) is 4.44. The zero-order chi connectivity index (χ0) is 15.2. The molecule has 0 radical (unpaired) electrons. The first kappa shape index (κ1) is 15.8. The van der Waals surface area contributed by atoms with Crippen molar-refractivity contribution < 1.29 is 15.0 Å². The van der Waals surface area contributed by atoms with Crippen molar-refractivity contribution in [1.82, 2.24) is 5.32 Å². The number of hydrogen-bond acceptors (Lipinski definition) is 4. The van der Waals surface area contributed by atoms with E-state index in [0.29, 0.717) is 25.1 Å². The van der Waals surface area contributed by atoms with E-state index in [1.165, 1.54) is 5.56 Å². The SMILES string of the molecule is CC(O)CNCCCCc1ccc(O)c2c1CCC(=O)N2. The van der Waals surface area contributed by atoms with E-state index in [0.717, 1.165) is 31.4 Å². The van der Waals surface area contributed by atoms with E-state index in [-0.39, 0.29) is 17.8 Å². The predicted octanol–water partition coefficient (Wildman–Crippen LogP) is 1.57. The molecule has 1 atom stereocenters. The van der Waals surface area contributed by atoms with Gasteiger partial charge in [0.1, 0.15) is 5.75 Å². The fourth-order valence-corrected chi connectivity index (χ4v) is 2.65. The first-order valence-corrected chi connectivity index (χ1v) is 7.60. The van der Waals surface area contributed by atoms with Crippen LogP contribution in [0.15, 0.2) is 12.1 Å². The zero-order valence-electron chi connectivity index (χ0n) is 12.5. The average molecular weight is 292 g/mol. The molecule has 0 bridgehead atoms. The number of hydrogen-bond donors (Lipinski definition) is 4. The van der Waals surface area contributed by atoms with Crippen molar-refractivity contribution in [2.24, 2.45) is 0 Å². The Morgan fingerprint density at radius 3 is 2.90 bits per heavy atom. The summed E-state index contributed by atoms with van der Waals surface area (Å²) in [4.78, 5) is 11.4. The van der Waals surface area contributed by atoms with Crippen molar-refractivity contribution in [3.63, 3.8) is 0 Å². The molecule has 1 aromatic carbocycles. The maximum atomic E-state index is 11.4. The summed E-state index contributed by atoms with van der Waals surface area (Å²) in [5.74, 6) is 0.123. The van der Waals surface area contributed by atoms with Gasteiger partial charge >= 0.3 is 0 Å². The van der Waals surface area contributed by atoms with Gasteiger partial charge < -0.3 is 20.8 Å². The second-order valence-electron chi connectivity index (χ2n) is 5.66. The smallest absolute Gasteiger partial charge is 0.224 e. The minimum absolute atomic E-state index is 0.0303. The van der Waals surface area contributed by atoms with Crippen LogP contribution >= 0.6 is 0 Å². The van der Waals surface area contributed by atoms with Crippen LogP contribution in [0.2, 0.25) is 0 Å². The molecule has 0 spiro atoms. The number of unbranched alkanes of at least 4 members (excludes halogenated alkanes) is 1. The number of aliphatic hydroxyl groups excluding tert-OH is 1. The molecule has 1 aromatic rings. The monoisotopic (exact) mass is 292 g/mol. The molecule has 1 unspecified atom stereocenters. The van der Waals surface area contributed by atoms with E-state index in [1.807, 2.05) is 6.07 Å². The van der Waals surface area contributed by atoms with Gasteiger partial charge in [0.25, 0.3) is 0 Å². The first-order chi connectivity index (χ1) is 10.1. The Balaban J connectivity index is 1.87. The highest BCUT2D eigenvalue weighted by atomic mass is 16.3. The fourth-order valence-electron chi connectivity index (χ4n) is 2.65. The van der Waals surface area contributed by atoms with Crippen LogP contribution in [-0.2, 0) is 17.6 Å². The second-order valence-corrected chi connectivity index (χ2v) is 5.66. The van der Waals surface area contributed by atoms with Gasteiger partial charge in [0, 0.05) is 13.0 Å². The van der Waals surface area contributed by atoms with Crippen molar-refractivity contribution >= 4 is 11.6 Å². The number of phenolic OH excluding ortho intramolecular Hbond substituents is 1. The molecule has 4 N–H and O–H groups in total. The van der Waals surface area contributed by atoms with E-state index >= 15 is 0 Å². The third-order valence-electron chi connectivity index (χ3n) is 3.74. The Kier molecular flexibility index (Phi) is 5.59. The summed E-state index contributed by atoms with van der Waals surface area (Å²) in [7, 11) is 0. The first-order valence-electron chi connectivity index (χ1n) is 7.60. The molecule has 21 heavy (non-hydrogen) atoms. The van der Waals surface area contributed by atoms with Crippen LogP contribution in [-0.4, -0.2) is 35.3 Å². The van der Waals surface area contributed by atoms with Gasteiger partial charge in [-0.1, -0.05) is 6.07 Å². The number of amides is 1. The number of rotatable bonds is 7. The summed E-state index contributed by atoms with van der Waals surface area (Å²) in [5, 5.41) is 25.0. The molecule has 5 heteroatoms. The quantitative estimate of drug-likeness (QED) is 0.454. The summed E-state index contributed by atoms with van der Waals surface area (Å²) in [6.45, 7) is 3.28. The lowest BCUT2D eigenvalue weighted by atomic mass is 9.93. The number of aliphatic hydroxyl groups is 1. The predicted molar refractivity (Wildman–Crippen MR) is 82.5 cm³/mol. The van der Waals surface area contributed by atoms with Crippen molar-refractivity contribution in [1.29, 1.82) is 0 Å². The lowest BCUT2D eigenvalue weighted by molar-refractivity contribution is -0.116. The normalized spacial score (nSPS) is 15.4. The molecule has 116 valence electrons. The van der Waals surface area contributed by atoms with Crippen LogP contribution in [0.1, 0.15) is 37.3 Å². The van der Waals surface area contributed by atoms with Gasteiger partial charge in [-0.3, -0.25) is 4.79 Å². The molecule has 1 amide bonds. The summed E-state index contributed by atoms with van der Waals surface area (Å²) in [5.41, 5.74) is 2.88. The van der Waals surface area contributed by atoms with Crippen molar-refractivity contribution in [2.75, 3.05) is 18.4 Å². The van der Waals surface area contributed by atoms with Gasteiger partial charge in [0.15, 0.2) is 0 Å². The maximum Gasteiger partial charge on any atom is 0.224 e. The number of carbonyl (C=O) groups is 1. The Bertz CT molecular complexity index is 501. The molecule has 0 aliphatic carbocycles. The molecule has 0 saturated heterocycles. The number of nitrogens with one attached hydrogen (secondary N) is 2. The Labute approximate surface area is 125 Å². The molecule has 2 rings (SSSR count). The highest BCUT2D eigenvalue weighted by molar-refractivity contribution is 5.95. The van der Waals surface area contributed by atoms with Gasteiger partial charge in [0.2, 0.25) is 5.91 Å². The van der Waals surface area contributed by atoms with E-state index in [1.54, 1.807) is 13.0 Å². The van der Waals surface area contributed by atoms with E-state index in [9.17, 15) is 9.90 Å². The summed E-state index contributed by atoms with van der Waals surface area (Å²) < 4.78 is 0. The second kappa shape index (κ2) is 7.43. The Morgan fingerprint density at radius 1 is 1.33 bits per heavy atom. The minimum atomic E-state index is -0.308. The summed E-state index contributed by atoms with van der Waals surface area (Å²) in [6.07, 6.45) is 3.89. The van der Waals surface area contributed by atoms with Crippen LogP contribution in [0.5, 0.6) is 5.75 Å². The van der Waals surface area contributed by atoms with E-state index in [4.69, 9.17) is 5.11 Å². The molecular weight excluding hydrogens is 268 g/mol. The number of benzene rings is 1. The van der Waals surface area contributed by atoms with Crippen LogP contribution in [0.4, 0.5) is 5.69 Å². The number of aryl methyl sites for hydroxylation is 1. The van der Waals surface area contributed by atoms with Crippen molar-refractivity contribution in [2.45, 2.75) is 45.1 Å². The molecule has 1 aliphatic rings. The molecule has 5 nitrogen and oxygen atoms in total. The van der Waals surface area contributed by atoms with Gasteiger partial charge in [-0.2, -0.15) is 0 Å². The van der Waals surface area contributed by atoms with E-state index < -0.39 is 0 Å². The third-order valence-corrected chi connectivity index (χ3v) is 3.74. The van der Waals surface area contributed by atoms with Crippen LogP contribution in [0.3, 0.4) is 0 Å². The number of carbonyl (C=O) groups excluding carboxylic acids is 1. The highest BCUT2D eigenvalue weighted by Crippen LogP contribution is 2.34. The van der Waals surface area contributed by atoms with Crippen LogP contribution in [0.25, 0.3) is 0 Å². The molecule has 0 saturated carbocycles. The highest BCUT2D eigenvalue weighted by Gasteiger charge is 2.20. The van der Waals surface area contributed by atoms with Gasteiger partial charge in [-0.15, -0.1) is 0 Å². The Hall–Kier alpha value is -1.59. The number of anilines is 1. The molecular formula is C16H24N2O3. The Morgan fingerprint density at radius 2 is 2.14 bits per heavy atom. The average Bonchev–Trinajstić information content (AvgIpc) is 2.45. The molecule has 0 aromatic heterocycles. The standard InChI is InChI=1S/C16H24N2O3/c1-11(19)10-17-9-3-2-4-12-5-7-14(20)16-13(12)6-8-15(21)18-16/h5,7,11,17,19-20H,2-4,6,8-10H2,1H3,(H,18,21).